The minimum atomic E-state index is -0.774. The van der Waals surface area contributed by atoms with Crippen LogP contribution in [0.15, 0.2) is 53.8 Å². The molecule has 0 saturated carbocycles. The number of halogens is 1. The van der Waals surface area contributed by atoms with Crippen LogP contribution >= 0.6 is 11.6 Å². The highest BCUT2D eigenvalue weighted by Gasteiger charge is 2.16. The van der Waals surface area contributed by atoms with Gasteiger partial charge in [-0.2, -0.15) is 0 Å². The van der Waals surface area contributed by atoms with Gasteiger partial charge in [0.1, 0.15) is 18.1 Å². The Morgan fingerprint density at radius 1 is 1.13 bits per heavy atom. The Morgan fingerprint density at radius 2 is 1.90 bits per heavy atom. The van der Waals surface area contributed by atoms with Crippen molar-refractivity contribution in [1.29, 1.82) is 0 Å². The minimum Gasteiger partial charge on any atom is -0.479 e. The van der Waals surface area contributed by atoms with Crippen LogP contribution in [-0.4, -0.2) is 41.5 Å². The molecule has 0 saturated heterocycles. The highest BCUT2D eigenvalue weighted by atomic mass is 35.5. The molecule has 0 aliphatic carbocycles. The van der Waals surface area contributed by atoms with Crippen LogP contribution in [0.3, 0.4) is 0 Å². The van der Waals surface area contributed by atoms with Crippen LogP contribution in [0.25, 0.3) is 11.0 Å². The Bertz CT molecular complexity index is 1040. The number of hydrogen-bond acceptors (Lipinski definition) is 8. The van der Waals surface area contributed by atoms with E-state index in [9.17, 15) is 4.79 Å². The third kappa shape index (κ3) is 6.82. The Hall–Kier alpha value is -3.39. The van der Waals surface area contributed by atoms with Crippen molar-refractivity contribution in [3.63, 3.8) is 0 Å². The van der Waals surface area contributed by atoms with Gasteiger partial charge in [0.15, 0.2) is 12.7 Å². The number of rotatable bonds is 10. The third-order valence-electron chi connectivity index (χ3n) is 3.92. The Labute approximate surface area is 184 Å². The van der Waals surface area contributed by atoms with Crippen molar-refractivity contribution in [2.75, 3.05) is 13.2 Å². The van der Waals surface area contributed by atoms with Crippen molar-refractivity contribution in [2.45, 2.75) is 26.4 Å². The van der Waals surface area contributed by atoms with Crippen molar-refractivity contribution in [2.24, 2.45) is 5.16 Å². The molecule has 162 valence electrons. The summed E-state index contributed by atoms with van der Waals surface area (Å²) in [6, 6.07) is 12.1. The lowest BCUT2D eigenvalue weighted by atomic mass is 10.3. The lowest BCUT2D eigenvalue weighted by molar-refractivity contribution is -0.152. The summed E-state index contributed by atoms with van der Waals surface area (Å²) in [5, 5.41) is 4.28. The van der Waals surface area contributed by atoms with Gasteiger partial charge in [0.2, 0.25) is 5.88 Å². The monoisotopic (exact) mass is 443 g/mol. The summed E-state index contributed by atoms with van der Waals surface area (Å²) in [7, 11) is 0. The van der Waals surface area contributed by atoms with E-state index < -0.39 is 12.1 Å². The van der Waals surface area contributed by atoms with Crippen LogP contribution in [0, 0.1) is 0 Å². The van der Waals surface area contributed by atoms with E-state index in [1.54, 1.807) is 55.6 Å². The molecule has 0 unspecified atom stereocenters. The SMILES string of the molecule is CCC=NOCCOC(=O)[C@@H](C)Oc1ccc(Oc2cnc3cc(Cl)ccc3n2)cc1. The van der Waals surface area contributed by atoms with E-state index >= 15 is 0 Å². The number of esters is 1. The number of hydrogen-bond donors (Lipinski definition) is 0. The topological polar surface area (TPSA) is 92.1 Å². The molecule has 0 bridgehead atoms. The van der Waals surface area contributed by atoms with Gasteiger partial charge in [-0.25, -0.2) is 14.8 Å². The normalized spacial score (nSPS) is 12.0. The molecular weight excluding hydrogens is 422 g/mol. The smallest absolute Gasteiger partial charge is 0.347 e. The standard InChI is InChI=1S/C22H22ClN3O5/c1-3-10-25-29-12-11-28-22(27)15(2)30-17-5-7-18(8-6-17)31-21-14-24-20-13-16(23)4-9-19(20)26-21/h4-10,13-15H,3,11-12H2,1-2H3/t15-/m1/s1. The Balaban J connectivity index is 1.50. The maximum absolute atomic E-state index is 12.0. The molecule has 1 aromatic heterocycles. The molecule has 0 radical (unpaired) electrons. The summed E-state index contributed by atoms with van der Waals surface area (Å²) < 4.78 is 16.4. The van der Waals surface area contributed by atoms with Crippen LogP contribution in [0.2, 0.25) is 5.02 Å². The summed E-state index contributed by atoms with van der Waals surface area (Å²) in [4.78, 5) is 25.6. The molecule has 0 aliphatic heterocycles. The first-order valence-electron chi connectivity index (χ1n) is 9.72. The highest BCUT2D eigenvalue weighted by Crippen LogP contribution is 2.25. The molecule has 1 heterocycles. The number of fused-ring (bicyclic) bond motifs is 1. The molecule has 0 fully saturated rings. The fourth-order valence-electron chi connectivity index (χ4n) is 2.45. The molecule has 0 spiro atoms. The largest absolute Gasteiger partial charge is 0.479 e. The summed E-state index contributed by atoms with van der Waals surface area (Å²) in [5.41, 5.74) is 1.36. The molecular formula is C22H22ClN3O5. The number of carbonyl (C=O) groups is 1. The number of nitrogens with zero attached hydrogens (tertiary/aromatic N) is 3. The summed E-state index contributed by atoms with van der Waals surface area (Å²) in [6.45, 7) is 3.84. The molecule has 0 amide bonds. The van der Waals surface area contributed by atoms with E-state index in [1.807, 2.05) is 6.92 Å². The number of aromatic nitrogens is 2. The zero-order valence-electron chi connectivity index (χ0n) is 17.2. The maximum Gasteiger partial charge on any atom is 0.347 e. The van der Waals surface area contributed by atoms with Gasteiger partial charge in [0.25, 0.3) is 0 Å². The Kier molecular flexibility index (Phi) is 8.00. The summed E-state index contributed by atoms with van der Waals surface area (Å²) >= 11 is 5.96. The van der Waals surface area contributed by atoms with Gasteiger partial charge in [0.05, 0.1) is 17.2 Å². The van der Waals surface area contributed by atoms with Gasteiger partial charge >= 0.3 is 5.97 Å². The molecule has 0 N–H and O–H groups in total. The van der Waals surface area contributed by atoms with Gasteiger partial charge in [-0.1, -0.05) is 23.7 Å². The molecule has 1 atom stereocenters. The zero-order valence-corrected chi connectivity index (χ0v) is 17.9. The van der Waals surface area contributed by atoms with Crippen LogP contribution in [0.5, 0.6) is 17.4 Å². The minimum absolute atomic E-state index is 0.0966. The first-order valence-corrected chi connectivity index (χ1v) is 10.1. The van der Waals surface area contributed by atoms with E-state index in [0.717, 1.165) is 6.42 Å². The zero-order chi connectivity index (χ0) is 22.1. The molecule has 9 heteroatoms. The second kappa shape index (κ2) is 11.1. The van der Waals surface area contributed by atoms with Gasteiger partial charge in [-0.3, -0.25) is 0 Å². The molecule has 8 nitrogen and oxygen atoms in total. The molecule has 3 rings (SSSR count). The van der Waals surface area contributed by atoms with Crippen LogP contribution in [0.1, 0.15) is 20.3 Å². The molecule has 2 aromatic carbocycles. The lowest BCUT2D eigenvalue weighted by Gasteiger charge is -2.14. The third-order valence-corrected chi connectivity index (χ3v) is 4.16. The molecule has 3 aromatic rings. The van der Waals surface area contributed by atoms with Crippen molar-refractivity contribution < 1.29 is 23.8 Å². The fourth-order valence-corrected chi connectivity index (χ4v) is 2.62. The van der Waals surface area contributed by atoms with Crippen molar-refractivity contribution >= 4 is 34.8 Å². The van der Waals surface area contributed by atoms with E-state index in [-0.39, 0.29) is 13.2 Å². The first-order chi connectivity index (χ1) is 15.0. The number of carbonyl (C=O) groups excluding carboxylic acids is 1. The van der Waals surface area contributed by atoms with Crippen molar-refractivity contribution in [3.8, 4) is 17.4 Å². The van der Waals surface area contributed by atoms with Gasteiger partial charge in [-0.15, -0.1) is 0 Å². The highest BCUT2D eigenvalue weighted by molar-refractivity contribution is 6.31. The van der Waals surface area contributed by atoms with E-state index in [0.29, 0.717) is 33.4 Å². The molecule has 0 aliphatic rings. The quantitative estimate of drug-likeness (QED) is 0.192. The second-order valence-corrected chi connectivity index (χ2v) is 6.81. The number of oxime groups is 1. The first kappa shape index (κ1) is 22.3. The van der Waals surface area contributed by atoms with Crippen LogP contribution in [0.4, 0.5) is 0 Å². The maximum atomic E-state index is 12.0. The predicted octanol–water partition coefficient (Wildman–Crippen LogP) is 4.80. The van der Waals surface area contributed by atoms with Gasteiger partial charge < -0.3 is 19.0 Å². The van der Waals surface area contributed by atoms with Gasteiger partial charge in [0, 0.05) is 11.2 Å². The predicted molar refractivity (Wildman–Crippen MR) is 117 cm³/mol. The van der Waals surface area contributed by atoms with Crippen molar-refractivity contribution in [1.82, 2.24) is 9.97 Å². The van der Waals surface area contributed by atoms with E-state index in [4.69, 9.17) is 30.6 Å². The van der Waals surface area contributed by atoms with Crippen molar-refractivity contribution in [3.05, 3.63) is 53.7 Å². The van der Waals surface area contributed by atoms with E-state index in [2.05, 4.69) is 15.1 Å². The summed E-state index contributed by atoms with van der Waals surface area (Å²) in [6.07, 6.45) is 3.16. The second-order valence-electron chi connectivity index (χ2n) is 6.37. The summed E-state index contributed by atoms with van der Waals surface area (Å²) in [5.74, 6) is 0.913. The average Bonchev–Trinajstić information content (AvgIpc) is 2.77. The number of benzene rings is 2. The van der Waals surface area contributed by atoms with E-state index in [1.165, 1.54) is 6.20 Å². The average molecular weight is 444 g/mol. The molecule has 31 heavy (non-hydrogen) atoms. The van der Waals surface area contributed by atoms with Gasteiger partial charge in [-0.05, 0) is 55.8 Å². The lowest BCUT2D eigenvalue weighted by Crippen LogP contribution is -2.27. The van der Waals surface area contributed by atoms with Crippen LogP contribution < -0.4 is 9.47 Å². The number of ether oxygens (including phenoxy) is 3. The Morgan fingerprint density at radius 3 is 2.68 bits per heavy atom. The van der Waals surface area contributed by atoms with Crippen LogP contribution in [-0.2, 0) is 14.4 Å². The fraction of sp³-hybridized carbons (Fsp3) is 0.273.